The lowest BCUT2D eigenvalue weighted by atomic mass is 9.95. The fourth-order valence-corrected chi connectivity index (χ4v) is 5.78. The van der Waals surface area contributed by atoms with Crippen LogP contribution in [0.1, 0.15) is 26.3 Å². The minimum Gasteiger partial charge on any atom is -0.465 e. The Kier molecular flexibility index (Phi) is 8.46. The van der Waals surface area contributed by atoms with Crippen LogP contribution in [0.15, 0.2) is 35.9 Å². The Morgan fingerprint density at radius 3 is 2.28 bits per heavy atom. The smallest absolute Gasteiger partial charge is 0.346 e. The average molecular weight is 444 g/mol. The molecule has 160 valence electrons. The van der Waals surface area contributed by atoms with Gasteiger partial charge in [-0.15, -0.1) is 0 Å². The van der Waals surface area contributed by atoms with Crippen molar-refractivity contribution in [1.29, 1.82) is 0 Å². The molecule has 1 amide bonds. The number of ether oxygens (including phenoxy) is 1. The van der Waals surface area contributed by atoms with Crippen LogP contribution in [0.2, 0.25) is 0 Å². The molecule has 0 saturated carbocycles. The van der Waals surface area contributed by atoms with Crippen molar-refractivity contribution in [2.45, 2.75) is 26.4 Å². The largest absolute Gasteiger partial charge is 0.465 e. The van der Waals surface area contributed by atoms with Gasteiger partial charge in [-0.1, -0.05) is 41.9 Å². The first-order valence-electron chi connectivity index (χ1n) is 9.55. The van der Waals surface area contributed by atoms with Gasteiger partial charge in [0.2, 0.25) is 5.91 Å². The van der Waals surface area contributed by atoms with E-state index in [0.717, 1.165) is 0 Å². The Labute approximate surface area is 176 Å². The lowest BCUT2D eigenvalue weighted by molar-refractivity contribution is -0.146. The fourth-order valence-electron chi connectivity index (χ4n) is 3.35. The number of esters is 1. The molecule has 2 atom stereocenters. The van der Waals surface area contributed by atoms with Gasteiger partial charge >= 0.3 is 13.6 Å². The van der Waals surface area contributed by atoms with Crippen molar-refractivity contribution >= 4 is 36.1 Å². The predicted octanol–water partition coefficient (Wildman–Crippen LogP) is 3.92. The summed E-state index contributed by atoms with van der Waals surface area (Å²) in [4.78, 5) is 27.4. The molecule has 0 aliphatic carbocycles. The summed E-state index contributed by atoms with van der Waals surface area (Å²) in [6, 6.07) is 9.10. The van der Waals surface area contributed by atoms with Gasteiger partial charge in [-0.25, -0.2) is 0 Å². The van der Waals surface area contributed by atoms with E-state index in [9.17, 15) is 14.2 Å². The molecule has 2 unspecified atom stereocenters. The molecule has 0 radical (unpaired) electrons. The molecule has 9 heteroatoms. The van der Waals surface area contributed by atoms with Gasteiger partial charge in [0.05, 0.1) is 25.7 Å². The minimum absolute atomic E-state index is 0.0510. The van der Waals surface area contributed by atoms with Crippen LogP contribution in [0, 0.1) is 5.92 Å². The monoisotopic (exact) mass is 443 g/mol. The molecule has 0 spiro atoms. The maximum absolute atomic E-state index is 13.6. The lowest BCUT2D eigenvalue weighted by Crippen LogP contribution is -2.38. The quantitative estimate of drug-likeness (QED) is 0.425. The van der Waals surface area contributed by atoms with Crippen molar-refractivity contribution in [2.24, 2.45) is 5.92 Å². The summed E-state index contributed by atoms with van der Waals surface area (Å²) in [7, 11) is -2.41. The highest BCUT2D eigenvalue weighted by Gasteiger charge is 2.55. The van der Waals surface area contributed by atoms with Crippen molar-refractivity contribution in [3.63, 3.8) is 0 Å². The van der Waals surface area contributed by atoms with Gasteiger partial charge in [0.25, 0.3) is 0 Å². The van der Waals surface area contributed by atoms with Gasteiger partial charge < -0.3 is 18.7 Å². The first-order valence-corrected chi connectivity index (χ1v) is 11.5. The van der Waals surface area contributed by atoms with Crippen molar-refractivity contribution in [3.05, 3.63) is 41.5 Å². The highest BCUT2D eigenvalue weighted by molar-refractivity contribution is 7.55. The van der Waals surface area contributed by atoms with Gasteiger partial charge in [-0.3, -0.25) is 14.2 Å². The molecular formula is C20H27ClNO6P. The number of halogens is 1. The van der Waals surface area contributed by atoms with Crippen LogP contribution in [0.4, 0.5) is 0 Å². The van der Waals surface area contributed by atoms with Crippen LogP contribution in [0.25, 0.3) is 5.03 Å². The van der Waals surface area contributed by atoms with Crippen molar-refractivity contribution in [2.75, 3.05) is 33.4 Å². The second kappa shape index (κ2) is 10.4. The molecule has 1 aromatic rings. The van der Waals surface area contributed by atoms with E-state index >= 15 is 0 Å². The molecule has 2 rings (SSSR count). The zero-order chi connectivity index (χ0) is 21.6. The summed E-state index contributed by atoms with van der Waals surface area (Å²) in [6.45, 7) is 5.29. The third-order valence-electron chi connectivity index (χ3n) is 4.54. The fraction of sp³-hybridized carbons (Fsp3) is 0.500. The summed E-state index contributed by atoms with van der Waals surface area (Å²) in [5.41, 5.74) is -0.252. The third kappa shape index (κ3) is 5.10. The van der Waals surface area contributed by atoms with E-state index in [-0.39, 0.29) is 32.3 Å². The molecule has 1 fully saturated rings. The van der Waals surface area contributed by atoms with Gasteiger partial charge in [-0.2, -0.15) is 0 Å². The van der Waals surface area contributed by atoms with E-state index in [1.807, 2.05) is 18.2 Å². The molecule has 1 aliphatic heterocycles. The Bertz CT molecular complexity index is 802. The normalized spacial score (nSPS) is 20.0. The maximum Gasteiger partial charge on any atom is 0.346 e. The average Bonchev–Trinajstić information content (AvgIpc) is 2.97. The Balaban J connectivity index is 2.66. The summed E-state index contributed by atoms with van der Waals surface area (Å²) in [5.74, 6) is -2.29. The van der Waals surface area contributed by atoms with Crippen LogP contribution < -0.4 is 0 Å². The molecule has 1 heterocycles. The van der Waals surface area contributed by atoms with Crippen LogP contribution in [-0.4, -0.2) is 55.8 Å². The van der Waals surface area contributed by atoms with Crippen molar-refractivity contribution in [1.82, 2.24) is 4.90 Å². The van der Waals surface area contributed by atoms with E-state index in [4.69, 9.17) is 25.4 Å². The maximum atomic E-state index is 13.6. The molecular weight excluding hydrogens is 417 g/mol. The summed E-state index contributed by atoms with van der Waals surface area (Å²) < 4.78 is 29.6. The molecule has 1 saturated heterocycles. The summed E-state index contributed by atoms with van der Waals surface area (Å²) in [6.07, 6.45) is 0. The topological polar surface area (TPSA) is 82.1 Å². The van der Waals surface area contributed by atoms with Gasteiger partial charge in [-0.05, 0) is 31.9 Å². The predicted molar refractivity (Wildman–Crippen MR) is 112 cm³/mol. The highest BCUT2D eigenvalue weighted by atomic mass is 35.5. The van der Waals surface area contributed by atoms with Crippen LogP contribution >= 0.6 is 19.2 Å². The van der Waals surface area contributed by atoms with Gasteiger partial charge in [0.15, 0.2) is 5.66 Å². The Morgan fingerprint density at radius 2 is 1.76 bits per heavy atom. The second-order valence-electron chi connectivity index (χ2n) is 6.45. The highest BCUT2D eigenvalue weighted by Crippen LogP contribution is 2.58. The number of carbonyl (C=O) groups is 2. The number of amides is 1. The number of hydrogen-bond donors (Lipinski definition) is 0. The number of hydrogen-bond acceptors (Lipinski definition) is 6. The third-order valence-corrected chi connectivity index (χ3v) is 7.42. The number of rotatable bonds is 9. The van der Waals surface area contributed by atoms with Gasteiger partial charge in [0.1, 0.15) is 0 Å². The van der Waals surface area contributed by atoms with E-state index < -0.39 is 25.1 Å². The van der Waals surface area contributed by atoms with E-state index in [2.05, 4.69) is 0 Å². The van der Waals surface area contributed by atoms with Crippen LogP contribution in [0.5, 0.6) is 0 Å². The van der Waals surface area contributed by atoms with Gasteiger partial charge in [0, 0.05) is 18.6 Å². The van der Waals surface area contributed by atoms with Crippen LogP contribution in [-0.2, 0) is 27.9 Å². The van der Waals surface area contributed by atoms with E-state index in [0.29, 0.717) is 16.2 Å². The Hall–Kier alpha value is -1.66. The molecule has 1 aliphatic rings. The van der Waals surface area contributed by atoms with Crippen LogP contribution in [0.3, 0.4) is 0 Å². The number of likely N-dealkylation sites (tertiary alicyclic amines) is 1. The van der Waals surface area contributed by atoms with Crippen molar-refractivity contribution in [3.8, 4) is 0 Å². The molecule has 0 bridgehead atoms. The molecule has 0 aromatic heterocycles. The first-order chi connectivity index (χ1) is 13.8. The SMILES string of the molecule is CCOC(=O)C(C1C(=O)N(C)C/C1=C(\Cl)c1ccccc1)P(=O)(OCC)OCC. The zero-order valence-corrected chi connectivity index (χ0v) is 18.7. The summed E-state index contributed by atoms with van der Waals surface area (Å²) >= 11 is 6.65. The molecule has 29 heavy (non-hydrogen) atoms. The van der Waals surface area contributed by atoms with Crippen molar-refractivity contribution < 1.29 is 27.9 Å². The first kappa shape index (κ1) is 23.6. The number of likely N-dealkylation sites (N-methyl/N-ethyl adjacent to an activating group) is 1. The number of carbonyl (C=O) groups excluding carboxylic acids is 2. The van der Waals surface area contributed by atoms with E-state index in [1.54, 1.807) is 40.0 Å². The standard InChI is InChI=1S/C20H27ClNO6P/c1-5-26-20(24)18(29(25,27-6-2)28-7-3)16-15(13-22(4)19(16)23)17(21)14-11-9-8-10-12-14/h8-12,16,18H,5-7,13H2,1-4H3/b17-15+. The minimum atomic E-state index is -4.01. The number of benzene rings is 1. The van der Waals surface area contributed by atoms with E-state index in [1.165, 1.54) is 4.90 Å². The number of nitrogens with zero attached hydrogens (tertiary/aromatic N) is 1. The second-order valence-corrected chi connectivity index (χ2v) is 8.98. The lowest BCUT2D eigenvalue weighted by Gasteiger charge is -2.28. The zero-order valence-electron chi connectivity index (χ0n) is 17.1. The molecule has 0 N–H and O–H groups in total. The molecule has 1 aromatic carbocycles. The molecule has 7 nitrogen and oxygen atoms in total. The Morgan fingerprint density at radius 1 is 1.17 bits per heavy atom. The summed E-state index contributed by atoms with van der Waals surface area (Å²) in [5, 5.41) is 0.335.